The van der Waals surface area contributed by atoms with Crippen LogP contribution in [-0.2, 0) is 18.9 Å². The molecular formula is C22H32O5. The molecule has 2 saturated heterocycles. The first-order chi connectivity index (χ1) is 13.1. The van der Waals surface area contributed by atoms with Crippen LogP contribution in [0.2, 0.25) is 0 Å². The van der Waals surface area contributed by atoms with Gasteiger partial charge in [0.2, 0.25) is 0 Å². The number of hydrogen-bond acceptors (Lipinski definition) is 5. The Balaban J connectivity index is 1.31. The van der Waals surface area contributed by atoms with Gasteiger partial charge in [-0.2, -0.15) is 0 Å². The fourth-order valence-electron chi connectivity index (χ4n) is 7.95. The summed E-state index contributed by atoms with van der Waals surface area (Å²) in [5, 5.41) is 11.4. The maximum Gasteiger partial charge on any atom is 0.174 e. The summed E-state index contributed by atoms with van der Waals surface area (Å²) in [5.41, 5.74) is 1.41. The number of aliphatic hydroxyl groups excluding tert-OH is 1. The Morgan fingerprint density at radius 2 is 1.74 bits per heavy atom. The second-order valence-electron chi connectivity index (χ2n) is 9.97. The molecule has 1 N–H and O–H groups in total. The van der Waals surface area contributed by atoms with E-state index in [9.17, 15) is 5.11 Å². The zero-order chi connectivity index (χ0) is 18.3. The van der Waals surface area contributed by atoms with Crippen molar-refractivity contribution in [2.24, 2.45) is 29.1 Å². The molecule has 6 aliphatic rings. The minimum atomic E-state index is -0.449. The van der Waals surface area contributed by atoms with Crippen molar-refractivity contribution in [3.8, 4) is 0 Å². The van der Waals surface area contributed by atoms with Gasteiger partial charge in [0.1, 0.15) is 0 Å². The first-order valence-corrected chi connectivity index (χ1v) is 11.0. The summed E-state index contributed by atoms with van der Waals surface area (Å²) in [4.78, 5) is 0. The van der Waals surface area contributed by atoms with Crippen molar-refractivity contribution >= 4 is 0 Å². The zero-order valence-corrected chi connectivity index (χ0v) is 16.3. The maximum absolute atomic E-state index is 11.4. The molecule has 3 saturated carbocycles. The summed E-state index contributed by atoms with van der Waals surface area (Å²) in [6.45, 7) is 5.15. The lowest BCUT2D eigenvalue weighted by Gasteiger charge is -2.57. The fourth-order valence-corrected chi connectivity index (χ4v) is 7.95. The second-order valence-corrected chi connectivity index (χ2v) is 9.97. The molecule has 0 radical (unpaired) electrons. The van der Waals surface area contributed by atoms with Crippen molar-refractivity contribution in [2.45, 2.75) is 69.5 Å². The molecule has 0 aromatic heterocycles. The van der Waals surface area contributed by atoms with Crippen LogP contribution < -0.4 is 0 Å². The van der Waals surface area contributed by atoms with Gasteiger partial charge in [-0.3, -0.25) is 0 Å². The monoisotopic (exact) mass is 376 g/mol. The molecule has 2 heterocycles. The molecule has 5 nitrogen and oxygen atoms in total. The van der Waals surface area contributed by atoms with Gasteiger partial charge in [-0.15, -0.1) is 0 Å². The van der Waals surface area contributed by atoms with Crippen LogP contribution in [0.5, 0.6) is 0 Å². The van der Waals surface area contributed by atoms with E-state index in [1.165, 1.54) is 5.57 Å². The van der Waals surface area contributed by atoms with E-state index < -0.39 is 5.79 Å². The second kappa shape index (κ2) is 5.79. The van der Waals surface area contributed by atoms with E-state index >= 15 is 0 Å². The van der Waals surface area contributed by atoms with Crippen LogP contribution in [0.3, 0.4) is 0 Å². The van der Waals surface area contributed by atoms with Crippen molar-refractivity contribution in [2.75, 3.05) is 26.4 Å². The Hall–Kier alpha value is -0.460. The van der Waals surface area contributed by atoms with Gasteiger partial charge in [0.15, 0.2) is 11.6 Å². The first-order valence-electron chi connectivity index (χ1n) is 11.0. The van der Waals surface area contributed by atoms with E-state index in [1.807, 2.05) is 0 Å². The van der Waals surface area contributed by atoms with Gasteiger partial charge in [-0.05, 0) is 49.4 Å². The van der Waals surface area contributed by atoms with Crippen LogP contribution in [0.4, 0.5) is 0 Å². The molecule has 5 fully saturated rings. The molecule has 150 valence electrons. The molecule has 5 heteroatoms. The summed E-state index contributed by atoms with van der Waals surface area (Å²) >= 11 is 0. The minimum Gasteiger partial charge on any atom is -0.393 e. The topological polar surface area (TPSA) is 57.2 Å². The smallest absolute Gasteiger partial charge is 0.174 e. The summed E-state index contributed by atoms with van der Waals surface area (Å²) in [5.74, 6) is 1.17. The third kappa shape index (κ3) is 2.24. The van der Waals surface area contributed by atoms with Crippen molar-refractivity contribution in [1.82, 2.24) is 0 Å². The third-order valence-electron chi connectivity index (χ3n) is 9.03. The fraction of sp³-hybridized carbons (Fsp3) is 0.909. The van der Waals surface area contributed by atoms with Gasteiger partial charge >= 0.3 is 0 Å². The molecule has 2 spiro atoms. The van der Waals surface area contributed by atoms with Crippen LogP contribution in [0.15, 0.2) is 11.6 Å². The molecular weight excluding hydrogens is 344 g/mol. The van der Waals surface area contributed by atoms with E-state index in [2.05, 4.69) is 13.0 Å². The van der Waals surface area contributed by atoms with Crippen LogP contribution in [0.25, 0.3) is 0 Å². The summed E-state index contributed by atoms with van der Waals surface area (Å²) < 4.78 is 24.3. The summed E-state index contributed by atoms with van der Waals surface area (Å²) in [7, 11) is 0. The molecule has 4 aliphatic carbocycles. The quantitative estimate of drug-likeness (QED) is 0.659. The Bertz CT molecular complexity index is 647. The van der Waals surface area contributed by atoms with Gasteiger partial charge in [-0.25, -0.2) is 0 Å². The Morgan fingerprint density at radius 1 is 1.00 bits per heavy atom. The van der Waals surface area contributed by atoms with Crippen molar-refractivity contribution in [3.63, 3.8) is 0 Å². The lowest BCUT2D eigenvalue weighted by Crippen LogP contribution is -2.58. The highest BCUT2D eigenvalue weighted by Crippen LogP contribution is 2.66. The number of fused-ring (bicyclic) bond motifs is 6. The van der Waals surface area contributed by atoms with Crippen molar-refractivity contribution < 1.29 is 24.1 Å². The highest BCUT2D eigenvalue weighted by molar-refractivity contribution is 5.23. The van der Waals surface area contributed by atoms with E-state index in [0.29, 0.717) is 36.9 Å². The van der Waals surface area contributed by atoms with Crippen LogP contribution in [-0.4, -0.2) is 49.2 Å². The van der Waals surface area contributed by atoms with E-state index in [0.717, 1.165) is 58.2 Å². The Labute approximate surface area is 161 Å². The number of hydrogen-bond donors (Lipinski definition) is 1. The molecule has 6 atom stereocenters. The molecule has 27 heavy (non-hydrogen) atoms. The summed E-state index contributed by atoms with van der Waals surface area (Å²) in [6.07, 6.45) is 9.15. The Kier molecular flexibility index (Phi) is 3.73. The average molecular weight is 376 g/mol. The lowest BCUT2D eigenvalue weighted by atomic mass is 9.51. The van der Waals surface area contributed by atoms with Crippen LogP contribution in [0, 0.1) is 29.1 Å². The SMILES string of the molecule is C[C@]12C[C@H](O)[C@@H]3C4CCC5(CC4=CC[C@H]3[C@@H]1CCC21OCCO1)OCCO5. The molecule has 0 aromatic rings. The van der Waals surface area contributed by atoms with Gasteiger partial charge in [0, 0.05) is 24.7 Å². The highest BCUT2D eigenvalue weighted by Gasteiger charge is 2.67. The average Bonchev–Trinajstić information content (AvgIpc) is 3.37. The van der Waals surface area contributed by atoms with Crippen LogP contribution in [0.1, 0.15) is 51.9 Å². The van der Waals surface area contributed by atoms with E-state index in [-0.39, 0.29) is 17.3 Å². The van der Waals surface area contributed by atoms with Gasteiger partial charge in [0.25, 0.3) is 0 Å². The normalized spacial score (nSPS) is 49.7. The number of allylic oxidation sites excluding steroid dienone is 1. The maximum atomic E-state index is 11.4. The molecule has 0 bridgehead atoms. The largest absolute Gasteiger partial charge is 0.393 e. The predicted molar refractivity (Wildman–Crippen MR) is 97.7 cm³/mol. The van der Waals surface area contributed by atoms with Gasteiger partial charge < -0.3 is 24.1 Å². The van der Waals surface area contributed by atoms with Gasteiger partial charge in [-0.1, -0.05) is 18.6 Å². The zero-order valence-electron chi connectivity index (χ0n) is 16.3. The number of ether oxygens (including phenoxy) is 4. The number of aliphatic hydroxyl groups is 1. The van der Waals surface area contributed by atoms with Crippen molar-refractivity contribution in [1.29, 1.82) is 0 Å². The van der Waals surface area contributed by atoms with Crippen molar-refractivity contribution in [3.05, 3.63) is 11.6 Å². The molecule has 0 aromatic carbocycles. The first kappa shape index (κ1) is 17.4. The Morgan fingerprint density at radius 3 is 2.52 bits per heavy atom. The third-order valence-corrected chi connectivity index (χ3v) is 9.03. The molecule has 1 unspecified atom stereocenters. The molecule has 0 amide bonds. The minimum absolute atomic E-state index is 0.0665. The highest BCUT2D eigenvalue weighted by atomic mass is 16.7. The summed E-state index contributed by atoms with van der Waals surface area (Å²) in [6, 6.07) is 0. The standard InChI is InChI=1S/C22H32O5/c1-20-13-18(23)19-15-4-6-21(24-8-9-25-21)12-14(15)2-3-16(19)17(20)5-7-22(20)26-10-11-27-22/h2,15-19,23H,3-13H2,1H3/t15?,16-,17-,18-,19+,20-/m0/s1. The molecule has 6 rings (SSSR count). The number of rotatable bonds is 0. The van der Waals surface area contributed by atoms with Crippen LogP contribution >= 0.6 is 0 Å². The molecule has 2 aliphatic heterocycles. The van der Waals surface area contributed by atoms with E-state index in [4.69, 9.17) is 18.9 Å². The lowest BCUT2D eigenvalue weighted by molar-refractivity contribution is -0.254. The van der Waals surface area contributed by atoms with Gasteiger partial charge in [0.05, 0.1) is 32.5 Å². The van der Waals surface area contributed by atoms with E-state index in [1.54, 1.807) is 0 Å². The predicted octanol–water partition coefficient (Wildman–Crippen LogP) is 3.02.